The third kappa shape index (κ3) is 3.32. The van der Waals surface area contributed by atoms with Gasteiger partial charge in [0, 0.05) is 18.0 Å². The van der Waals surface area contributed by atoms with Gasteiger partial charge in [-0.15, -0.1) is 0 Å². The summed E-state index contributed by atoms with van der Waals surface area (Å²) < 4.78 is 18.4. The van der Waals surface area contributed by atoms with Crippen molar-refractivity contribution in [2.75, 3.05) is 6.54 Å². The number of hydrogen-bond acceptors (Lipinski definition) is 5. The van der Waals surface area contributed by atoms with Crippen LogP contribution in [-0.2, 0) is 9.47 Å². The van der Waals surface area contributed by atoms with Crippen LogP contribution in [0.3, 0.4) is 0 Å². The highest BCUT2D eigenvalue weighted by molar-refractivity contribution is 5.69. The molecule has 4 rings (SSSR count). The molecule has 3 aliphatic heterocycles. The lowest BCUT2D eigenvalue weighted by atomic mass is 9.72. The summed E-state index contributed by atoms with van der Waals surface area (Å²) >= 11 is 0. The Kier molecular flexibility index (Phi) is 4.53. The van der Waals surface area contributed by atoms with Gasteiger partial charge in [0.15, 0.2) is 11.5 Å². The van der Waals surface area contributed by atoms with Crippen LogP contribution in [0.5, 0.6) is 11.5 Å². The van der Waals surface area contributed by atoms with Crippen LogP contribution in [0, 0.1) is 5.92 Å². The van der Waals surface area contributed by atoms with Gasteiger partial charge in [-0.1, -0.05) is 12.1 Å². The summed E-state index contributed by atoms with van der Waals surface area (Å²) in [5.41, 5.74) is -0.137. The highest BCUT2D eigenvalue weighted by Gasteiger charge is 2.53. The standard InChI is InChI=1S/C22H31NO5/c1-21(2,3)28-20(25)23-11-7-10-17-15(23)12-14-18(26-17)13-8-6-9-16(24)19(13)27-22(14,4)5/h6,8-9,14-15,17-18,24H,7,10-12H2,1-5H3/t14-,15-,17-,18+/m0/s1. The molecule has 0 saturated carbocycles. The van der Waals surface area contributed by atoms with Gasteiger partial charge in [0.25, 0.3) is 0 Å². The van der Waals surface area contributed by atoms with E-state index in [1.54, 1.807) is 6.07 Å². The number of aromatic hydroxyl groups is 1. The van der Waals surface area contributed by atoms with E-state index >= 15 is 0 Å². The number of rotatable bonds is 0. The molecule has 3 heterocycles. The number of nitrogens with zero attached hydrogens (tertiary/aromatic N) is 1. The van der Waals surface area contributed by atoms with Crippen LogP contribution in [0.2, 0.25) is 0 Å². The highest BCUT2D eigenvalue weighted by Crippen LogP contribution is 2.54. The summed E-state index contributed by atoms with van der Waals surface area (Å²) in [4.78, 5) is 14.7. The Morgan fingerprint density at radius 2 is 2.07 bits per heavy atom. The molecule has 0 bridgehead atoms. The first kappa shape index (κ1) is 19.4. The van der Waals surface area contributed by atoms with E-state index in [9.17, 15) is 9.90 Å². The first-order chi connectivity index (χ1) is 13.1. The SMILES string of the molecule is CC(C)(C)OC(=O)N1CCC[C@@H]2O[C@@H]3c4cccc(O)c4OC(C)(C)[C@H]3C[C@@H]21. The lowest BCUT2D eigenvalue weighted by molar-refractivity contribution is -0.186. The largest absolute Gasteiger partial charge is 0.504 e. The Morgan fingerprint density at radius 3 is 2.79 bits per heavy atom. The van der Waals surface area contributed by atoms with Crippen molar-refractivity contribution in [3.05, 3.63) is 23.8 Å². The minimum atomic E-state index is -0.522. The molecule has 0 unspecified atom stereocenters. The molecular formula is C22H31NO5. The summed E-state index contributed by atoms with van der Waals surface area (Å²) in [5.74, 6) is 0.742. The van der Waals surface area contributed by atoms with Gasteiger partial charge in [-0.25, -0.2) is 4.79 Å². The maximum Gasteiger partial charge on any atom is 0.410 e. The number of ether oxygens (including phenoxy) is 3. The number of benzene rings is 1. The Morgan fingerprint density at radius 1 is 1.32 bits per heavy atom. The van der Waals surface area contributed by atoms with Crippen molar-refractivity contribution in [3.63, 3.8) is 0 Å². The summed E-state index contributed by atoms with van der Waals surface area (Å²) in [5, 5.41) is 10.3. The summed E-state index contributed by atoms with van der Waals surface area (Å²) in [6, 6.07) is 5.42. The molecule has 1 amide bonds. The van der Waals surface area contributed by atoms with Crippen LogP contribution >= 0.6 is 0 Å². The minimum Gasteiger partial charge on any atom is -0.504 e. The molecule has 3 aliphatic rings. The van der Waals surface area contributed by atoms with E-state index in [2.05, 4.69) is 0 Å². The topological polar surface area (TPSA) is 68.2 Å². The number of piperidine rings is 1. The Bertz CT molecular complexity index is 769. The Hall–Kier alpha value is -1.95. The second kappa shape index (κ2) is 6.55. The number of phenolic OH excluding ortho intramolecular Hbond substituents is 1. The number of likely N-dealkylation sites (tertiary alicyclic amines) is 1. The number of para-hydroxylation sites is 1. The summed E-state index contributed by atoms with van der Waals surface area (Å²) in [7, 11) is 0. The van der Waals surface area contributed by atoms with E-state index in [0.29, 0.717) is 12.3 Å². The molecule has 154 valence electrons. The normalized spacial score (nSPS) is 31.1. The molecule has 4 atom stereocenters. The molecule has 0 spiro atoms. The van der Waals surface area contributed by atoms with E-state index in [1.807, 2.05) is 51.7 Å². The third-order valence-electron chi connectivity index (χ3n) is 6.12. The van der Waals surface area contributed by atoms with Gasteiger partial charge in [0.05, 0.1) is 18.2 Å². The van der Waals surface area contributed by atoms with Crippen molar-refractivity contribution in [1.82, 2.24) is 4.90 Å². The van der Waals surface area contributed by atoms with Crippen molar-refractivity contribution >= 4 is 6.09 Å². The van der Waals surface area contributed by atoms with Gasteiger partial charge in [-0.3, -0.25) is 0 Å². The fourth-order valence-corrected chi connectivity index (χ4v) is 4.83. The van der Waals surface area contributed by atoms with Gasteiger partial charge in [-0.05, 0) is 59.9 Å². The second-order valence-electron chi connectivity index (χ2n) is 9.72. The van der Waals surface area contributed by atoms with Crippen LogP contribution in [0.4, 0.5) is 4.79 Å². The van der Waals surface area contributed by atoms with Crippen molar-refractivity contribution in [1.29, 1.82) is 0 Å². The number of hydrogen-bond donors (Lipinski definition) is 1. The lowest BCUT2D eigenvalue weighted by Gasteiger charge is -2.54. The van der Waals surface area contributed by atoms with Crippen LogP contribution < -0.4 is 4.74 Å². The molecule has 6 nitrogen and oxygen atoms in total. The van der Waals surface area contributed by atoms with Crippen LogP contribution in [0.25, 0.3) is 0 Å². The Labute approximate surface area is 166 Å². The van der Waals surface area contributed by atoms with E-state index in [4.69, 9.17) is 14.2 Å². The third-order valence-corrected chi connectivity index (χ3v) is 6.12. The molecule has 6 heteroatoms. The maximum absolute atomic E-state index is 12.8. The zero-order valence-electron chi connectivity index (χ0n) is 17.4. The molecule has 2 fully saturated rings. The van der Waals surface area contributed by atoms with Crippen LogP contribution in [-0.4, -0.2) is 46.0 Å². The molecule has 0 aliphatic carbocycles. The van der Waals surface area contributed by atoms with E-state index in [1.165, 1.54) is 0 Å². The fourth-order valence-electron chi connectivity index (χ4n) is 4.83. The number of carbonyl (C=O) groups is 1. The van der Waals surface area contributed by atoms with Crippen molar-refractivity contribution < 1.29 is 24.1 Å². The lowest BCUT2D eigenvalue weighted by Crippen LogP contribution is -2.60. The van der Waals surface area contributed by atoms with E-state index in [0.717, 1.165) is 24.8 Å². The molecule has 1 N–H and O–H groups in total. The molecule has 1 aromatic carbocycles. The minimum absolute atomic E-state index is 0.0217. The maximum atomic E-state index is 12.8. The first-order valence-corrected chi connectivity index (χ1v) is 10.2. The van der Waals surface area contributed by atoms with E-state index < -0.39 is 11.2 Å². The van der Waals surface area contributed by atoms with Crippen molar-refractivity contribution in [2.24, 2.45) is 5.92 Å². The molecular weight excluding hydrogens is 358 g/mol. The predicted molar refractivity (Wildman–Crippen MR) is 104 cm³/mol. The molecule has 1 aromatic rings. The quantitative estimate of drug-likeness (QED) is 0.712. The second-order valence-corrected chi connectivity index (χ2v) is 9.72. The molecule has 0 radical (unpaired) electrons. The molecule has 0 aromatic heterocycles. The molecule has 28 heavy (non-hydrogen) atoms. The number of phenols is 1. The first-order valence-electron chi connectivity index (χ1n) is 10.2. The number of amides is 1. The Balaban J connectivity index is 1.64. The molecule has 2 saturated heterocycles. The number of carbonyl (C=O) groups excluding carboxylic acids is 1. The van der Waals surface area contributed by atoms with Gasteiger partial charge >= 0.3 is 6.09 Å². The average Bonchev–Trinajstić information content (AvgIpc) is 2.59. The average molecular weight is 389 g/mol. The van der Waals surface area contributed by atoms with Gasteiger partial charge in [-0.2, -0.15) is 0 Å². The zero-order valence-corrected chi connectivity index (χ0v) is 17.4. The predicted octanol–water partition coefficient (Wildman–Crippen LogP) is 4.41. The zero-order chi connectivity index (χ0) is 20.3. The van der Waals surface area contributed by atoms with Crippen LogP contribution in [0.1, 0.15) is 65.5 Å². The highest BCUT2D eigenvalue weighted by atomic mass is 16.6. The number of fused-ring (bicyclic) bond motifs is 4. The van der Waals surface area contributed by atoms with Crippen LogP contribution in [0.15, 0.2) is 18.2 Å². The van der Waals surface area contributed by atoms with Gasteiger partial charge < -0.3 is 24.2 Å². The van der Waals surface area contributed by atoms with Gasteiger partial charge in [0.1, 0.15) is 11.2 Å². The monoisotopic (exact) mass is 389 g/mol. The van der Waals surface area contributed by atoms with E-state index in [-0.39, 0.29) is 36.0 Å². The van der Waals surface area contributed by atoms with Crippen molar-refractivity contribution in [3.8, 4) is 11.5 Å². The van der Waals surface area contributed by atoms with Crippen molar-refractivity contribution in [2.45, 2.75) is 83.3 Å². The summed E-state index contributed by atoms with van der Waals surface area (Å²) in [6.07, 6.45) is 2.15. The summed E-state index contributed by atoms with van der Waals surface area (Å²) in [6.45, 7) is 10.4. The smallest absolute Gasteiger partial charge is 0.410 e. The van der Waals surface area contributed by atoms with Gasteiger partial charge in [0.2, 0.25) is 0 Å². The fraction of sp³-hybridized carbons (Fsp3) is 0.682.